The Morgan fingerprint density at radius 3 is 2.21 bits per heavy atom. The molecule has 0 spiro atoms. The van der Waals surface area contributed by atoms with Crippen molar-refractivity contribution < 1.29 is 14.3 Å². The molecule has 2 rings (SSSR count). The molecule has 0 aliphatic heterocycles. The van der Waals surface area contributed by atoms with Crippen LogP contribution in [0.3, 0.4) is 0 Å². The number of nitrogens with one attached hydrogen (secondary N) is 3. The van der Waals surface area contributed by atoms with Crippen LogP contribution in [0, 0.1) is 20.8 Å². The van der Waals surface area contributed by atoms with Gasteiger partial charge in [-0.3, -0.25) is 10.6 Å². The van der Waals surface area contributed by atoms with Crippen molar-refractivity contribution in [3.63, 3.8) is 0 Å². The normalized spacial score (nSPS) is 11.4. The van der Waals surface area contributed by atoms with E-state index in [1.807, 2.05) is 51.1 Å². The molecule has 28 heavy (non-hydrogen) atoms. The van der Waals surface area contributed by atoms with Crippen LogP contribution in [0.5, 0.6) is 0 Å². The molecular formula is C19H26N6O3. The first-order valence-corrected chi connectivity index (χ1v) is 8.73. The molecule has 3 N–H and O–H groups in total. The molecule has 0 saturated heterocycles. The smallest absolute Gasteiger partial charge is 0.326 e. The van der Waals surface area contributed by atoms with Gasteiger partial charge in [-0.25, -0.2) is 19.8 Å². The number of amides is 2. The van der Waals surface area contributed by atoms with Gasteiger partial charge in [-0.1, -0.05) is 17.7 Å². The third-order valence-corrected chi connectivity index (χ3v) is 3.68. The fourth-order valence-corrected chi connectivity index (χ4v) is 2.32. The van der Waals surface area contributed by atoms with Gasteiger partial charge in [0.05, 0.1) is 6.54 Å². The number of aromatic nitrogens is 2. The number of aliphatic imine (C=N–C) groups is 1. The maximum Gasteiger partial charge on any atom is 0.326 e. The van der Waals surface area contributed by atoms with E-state index in [4.69, 9.17) is 9.47 Å². The van der Waals surface area contributed by atoms with Gasteiger partial charge in [0.15, 0.2) is 6.29 Å². The molecule has 9 nitrogen and oxygen atoms in total. The standard InChI is InChI=1S/C19H26N6O3/c1-12-6-8-15(9-7-12)23-19(26)25-17(20-11-16(27-4)28-5)24-18-21-13(2)10-14(3)22-18/h6-10,16H,11H2,1-5H3,(H3,20,21,22,23,24,25,26). The predicted molar refractivity (Wildman–Crippen MR) is 109 cm³/mol. The summed E-state index contributed by atoms with van der Waals surface area (Å²) >= 11 is 0. The van der Waals surface area contributed by atoms with Crippen LogP contribution in [0.25, 0.3) is 0 Å². The highest BCUT2D eigenvalue weighted by molar-refractivity contribution is 6.07. The molecule has 2 amide bonds. The Kier molecular flexibility index (Phi) is 7.85. The highest BCUT2D eigenvalue weighted by atomic mass is 16.7. The van der Waals surface area contributed by atoms with Gasteiger partial charge >= 0.3 is 6.03 Å². The number of carbonyl (C=O) groups is 1. The zero-order valence-corrected chi connectivity index (χ0v) is 16.7. The lowest BCUT2D eigenvalue weighted by molar-refractivity contribution is -0.0937. The highest BCUT2D eigenvalue weighted by Gasteiger charge is 2.11. The molecule has 0 aliphatic carbocycles. The number of methoxy groups -OCH3 is 2. The summed E-state index contributed by atoms with van der Waals surface area (Å²) in [4.78, 5) is 25.3. The number of hydrogen-bond acceptors (Lipinski definition) is 6. The summed E-state index contributed by atoms with van der Waals surface area (Å²) in [5, 5.41) is 8.35. The maximum absolute atomic E-state index is 12.4. The Morgan fingerprint density at radius 1 is 1.04 bits per heavy atom. The topological polar surface area (TPSA) is 110 Å². The second-order valence-electron chi connectivity index (χ2n) is 6.13. The SMILES string of the molecule is COC(CN=C(NC(=O)Nc1ccc(C)cc1)Nc1nc(C)cc(C)n1)OC. The van der Waals surface area contributed by atoms with Crippen molar-refractivity contribution in [3.8, 4) is 0 Å². The highest BCUT2D eigenvalue weighted by Crippen LogP contribution is 2.08. The van der Waals surface area contributed by atoms with E-state index in [1.165, 1.54) is 14.2 Å². The van der Waals surface area contributed by atoms with Crippen molar-refractivity contribution in [2.24, 2.45) is 4.99 Å². The summed E-state index contributed by atoms with van der Waals surface area (Å²) in [5.41, 5.74) is 3.36. The molecule has 2 aromatic rings. The molecule has 0 fully saturated rings. The Hall–Kier alpha value is -3.04. The summed E-state index contributed by atoms with van der Waals surface area (Å²) in [6.45, 7) is 5.87. The Labute approximate surface area is 164 Å². The molecule has 9 heteroatoms. The number of guanidine groups is 1. The van der Waals surface area contributed by atoms with Crippen molar-refractivity contribution in [3.05, 3.63) is 47.3 Å². The minimum Gasteiger partial charge on any atom is -0.354 e. The van der Waals surface area contributed by atoms with Crippen LogP contribution in [0.15, 0.2) is 35.3 Å². The van der Waals surface area contributed by atoms with Crippen LogP contribution in [0.4, 0.5) is 16.4 Å². The second-order valence-corrected chi connectivity index (χ2v) is 6.13. The van der Waals surface area contributed by atoms with Gasteiger partial charge in [-0.15, -0.1) is 0 Å². The van der Waals surface area contributed by atoms with Crippen LogP contribution in [-0.4, -0.2) is 49.0 Å². The minimum absolute atomic E-state index is 0.172. The number of carbonyl (C=O) groups excluding carboxylic acids is 1. The third-order valence-electron chi connectivity index (χ3n) is 3.68. The molecule has 1 aromatic heterocycles. The van der Waals surface area contributed by atoms with E-state index in [0.717, 1.165) is 17.0 Å². The first-order chi connectivity index (χ1) is 13.4. The van der Waals surface area contributed by atoms with Gasteiger partial charge in [-0.2, -0.15) is 0 Å². The van der Waals surface area contributed by atoms with Crippen LogP contribution < -0.4 is 16.0 Å². The molecule has 0 radical (unpaired) electrons. The number of ether oxygens (including phenoxy) is 2. The number of anilines is 2. The monoisotopic (exact) mass is 386 g/mol. The number of urea groups is 1. The average Bonchev–Trinajstić information content (AvgIpc) is 2.63. The molecule has 150 valence electrons. The number of hydrogen-bond donors (Lipinski definition) is 3. The van der Waals surface area contributed by atoms with E-state index in [2.05, 4.69) is 30.9 Å². The molecule has 1 heterocycles. The van der Waals surface area contributed by atoms with Crippen molar-refractivity contribution in [2.75, 3.05) is 31.4 Å². The lowest BCUT2D eigenvalue weighted by Gasteiger charge is -2.14. The van der Waals surface area contributed by atoms with Gasteiger partial charge in [0.2, 0.25) is 11.9 Å². The summed E-state index contributed by atoms with van der Waals surface area (Å²) < 4.78 is 10.3. The molecule has 1 aromatic carbocycles. The molecule has 0 atom stereocenters. The van der Waals surface area contributed by atoms with Crippen molar-refractivity contribution in [2.45, 2.75) is 27.1 Å². The van der Waals surface area contributed by atoms with E-state index in [-0.39, 0.29) is 12.5 Å². The summed E-state index contributed by atoms with van der Waals surface area (Å²) in [5.74, 6) is 0.506. The Morgan fingerprint density at radius 2 is 1.64 bits per heavy atom. The molecule has 0 bridgehead atoms. The van der Waals surface area contributed by atoms with Crippen LogP contribution in [-0.2, 0) is 9.47 Å². The Balaban J connectivity index is 2.13. The van der Waals surface area contributed by atoms with E-state index in [9.17, 15) is 4.79 Å². The van der Waals surface area contributed by atoms with E-state index in [0.29, 0.717) is 11.6 Å². The molecule has 0 aliphatic rings. The summed E-state index contributed by atoms with van der Waals surface area (Å²) in [7, 11) is 3.03. The average molecular weight is 386 g/mol. The zero-order valence-electron chi connectivity index (χ0n) is 16.7. The number of nitrogens with zero attached hydrogens (tertiary/aromatic N) is 3. The maximum atomic E-state index is 12.4. The first kappa shape index (κ1) is 21.3. The van der Waals surface area contributed by atoms with Gasteiger partial charge in [0.25, 0.3) is 0 Å². The molecular weight excluding hydrogens is 360 g/mol. The fraction of sp³-hybridized carbons (Fsp3) is 0.368. The van der Waals surface area contributed by atoms with Crippen molar-refractivity contribution in [1.82, 2.24) is 15.3 Å². The van der Waals surface area contributed by atoms with Crippen LogP contribution in [0.1, 0.15) is 17.0 Å². The van der Waals surface area contributed by atoms with Gasteiger partial charge in [-0.05, 0) is 39.0 Å². The van der Waals surface area contributed by atoms with E-state index >= 15 is 0 Å². The third kappa shape index (κ3) is 6.93. The molecule has 0 saturated carbocycles. The fourth-order valence-electron chi connectivity index (χ4n) is 2.32. The quantitative estimate of drug-likeness (QED) is 0.400. The minimum atomic E-state index is -0.543. The lowest BCUT2D eigenvalue weighted by Crippen LogP contribution is -2.40. The van der Waals surface area contributed by atoms with E-state index < -0.39 is 12.3 Å². The number of aryl methyl sites for hydroxylation is 3. The van der Waals surface area contributed by atoms with Crippen molar-refractivity contribution >= 4 is 23.6 Å². The van der Waals surface area contributed by atoms with Gasteiger partial charge in [0, 0.05) is 31.3 Å². The largest absolute Gasteiger partial charge is 0.354 e. The summed E-state index contributed by atoms with van der Waals surface area (Å²) in [6.07, 6.45) is -0.543. The second kappa shape index (κ2) is 10.3. The van der Waals surface area contributed by atoms with E-state index in [1.54, 1.807) is 0 Å². The summed E-state index contributed by atoms with van der Waals surface area (Å²) in [6, 6.07) is 8.86. The number of rotatable bonds is 6. The Bertz CT molecular complexity index is 799. The first-order valence-electron chi connectivity index (χ1n) is 8.73. The van der Waals surface area contributed by atoms with Crippen LogP contribution in [0.2, 0.25) is 0 Å². The van der Waals surface area contributed by atoms with Crippen molar-refractivity contribution in [1.29, 1.82) is 0 Å². The zero-order chi connectivity index (χ0) is 20.5. The van der Waals surface area contributed by atoms with Gasteiger partial charge in [0.1, 0.15) is 0 Å². The predicted octanol–water partition coefficient (Wildman–Crippen LogP) is 2.61. The molecule has 0 unspecified atom stereocenters. The van der Waals surface area contributed by atoms with Gasteiger partial charge < -0.3 is 14.8 Å². The van der Waals surface area contributed by atoms with Crippen LogP contribution >= 0.6 is 0 Å². The lowest BCUT2D eigenvalue weighted by atomic mass is 10.2. The number of benzene rings is 1.